The van der Waals surface area contributed by atoms with Crippen molar-refractivity contribution >= 4 is 46.2 Å². The van der Waals surface area contributed by atoms with Crippen LogP contribution in [0.1, 0.15) is 34.8 Å². The summed E-state index contributed by atoms with van der Waals surface area (Å²) >= 11 is 6.44. The van der Waals surface area contributed by atoms with Crippen molar-refractivity contribution in [3.05, 3.63) is 70.1 Å². The number of benzene rings is 2. The van der Waals surface area contributed by atoms with E-state index in [9.17, 15) is 9.59 Å². The average molecular weight is 413 g/mol. The second-order valence-corrected chi connectivity index (χ2v) is 7.87. The van der Waals surface area contributed by atoms with Crippen LogP contribution in [0.25, 0.3) is 6.08 Å². The number of aryl methyl sites for hydroxylation is 1. The molecule has 1 saturated heterocycles. The lowest BCUT2D eigenvalue weighted by Crippen LogP contribution is -2.45. The minimum Gasteiger partial charge on any atom is -0.494 e. The Labute approximate surface area is 173 Å². The molecular formula is C21H20N2O3S2. The van der Waals surface area contributed by atoms with Gasteiger partial charge in [-0.25, -0.2) is 0 Å². The first-order valence-corrected chi connectivity index (χ1v) is 10.1. The molecule has 0 aromatic heterocycles. The average Bonchev–Trinajstić information content (AvgIpc) is 2.94. The Morgan fingerprint density at radius 2 is 2.04 bits per heavy atom. The largest absolute Gasteiger partial charge is 0.494 e. The highest BCUT2D eigenvalue weighted by molar-refractivity contribution is 8.26. The van der Waals surface area contributed by atoms with Gasteiger partial charge in [-0.3, -0.25) is 15.0 Å². The van der Waals surface area contributed by atoms with E-state index in [0.29, 0.717) is 17.1 Å². The lowest BCUT2D eigenvalue weighted by molar-refractivity contribution is -0.123. The van der Waals surface area contributed by atoms with Crippen LogP contribution in [0.5, 0.6) is 5.75 Å². The zero-order valence-electron chi connectivity index (χ0n) is 15.6. The quantitative estimate of drug-likeness (QED) is 0.565. The summed E-state index contributed by atoms with van der Waals surface area (Å²) in [6.45, 7) is 4.52. The summed E-state index contributed by atoms with van der Waals surface area (Å²) in [7, 11) is 0. The number of nitrogens with zero attached hydrogens (tertiary/aromatic N) is 1. The molecule has 7 heteroatoms. The molecule has 5 nitrogen and oxygen atoms in total. The van der Waals surface area contributed by atoms with Crippen LogP contribution in [0.4, 0.5) is 0 Å². The van der Waals surface area contributed by atoms with E-state index in [1.165, 1.54) is 0 Å². The third-order valence-electron chi connectivity index (χ3n) is 4.03. The van der Waals surface area contributed by atoms with Gasteiger partial charge in [-0.05, 0) is 61.0 Å². The van der Waals surface area contributed by atoms with Gasteiger partial charge in [0.1, 0.15) is 5.75 Å². The molecule has 0 saturated carbocycles. The smallest absolute Gasteiger partial charge is 0.285 e. The van der Waals surface area contributed by atoms with Crippen molar-refractivity contribution in [2.24, 2.45) is 0 Å². The first kappa shape index (κ1) is 20.1. The van der Waals surface area contributed by atoms with Crippen molar-refractivity contribution in [1.29, 1.82) is 0 Å². The molecule has 0 unspecified atom stereocenters. The fourth-order valence-corrected chi connectivity index (χ4v) is 3.80. The molecular weight excluding hydrogens is 392 g/mol. The van der Waals surface area contributed by atoms with Gasteiger partial charge in [0.05, 0.1) is 11.5 Å². The number of carbonyl (C=O) groups is 2. The SMILES string of the molecule is CCCOc1cccc(/C=C2/SC(=S)N(NC(=O)c3ccccc3C)C2=O)c1. The van der Waals surface area contributed by atoms with Gasteiger partial charge in [0.25, 0.3) is 11.8 Å². The predicted octanol–water partition coefficient (Wildman–Crippen LogP) is 4.33. The van der Waals surface area contributed by atoms with Gasteiger partial charge in [-0.1, -0.05) is 49.0 Å². The van der Waals surface area contributed by atoms with Crippen molar-refractivity contribution in [3.8, 4) is 5.75 Å². The maximum Gasteiger partial charge on any atom is 0.285 e. The molecule has 0 radical (unpaired) electrons. The van der Waals surface area contributed by atoms with Gasteiger partial charge in [0.2, 0.25) is 0 Å². The molecule has 2 amide bonds. The van der Waals surface area contributed by atoms with Crippen molar-refractivity contribution < 1.29 is 14.3 Å². The Morgan fingerprint density at radius 1 is 1.25 bits per heavy atom. The number of amides is 2. The number of ether oxygens (including phenoxy) is 1. The van der Waals surface area contributed by atoms with Gasteiger partial charge in [0, 0.05) is 5.56 Å². The van der Waals surface area contributed by atoms with Gasteiger partial charge < -0.3 is 4.74 Å². The summed E-state index contributed by atoms with van der Waals surface area (Å²) in [5.74, 6) is 0.0290. The number of thiocarbonyl (C=S) groups is 1. The van der Waals surface area contributed by atoms with Gasteiger partial charge in [-0.15, -0.1) is 0 Å². The Morgan fingerprint density at radius 3 is 2.79 bits per heavy atom. The molecule has 1 aliphatic rings. The van der Waals surface area contributed by atoms with Crippen LogP contribution in [-0.4, -0.2) is 27.8 Å². The standard InChI is InChI=1S/C21H20N2O3S2/c1-3-11-26-16-9-6-8-15(12-16)13-18-20(25)23(21(27)28-18)22-19(24)17-10-5-4-7-14(17)2/h4-10,12-13H,3,11H2,1-2H3,(H,22,24)/b18-13+. The van der Waals surface area contributed by atoms with E-state index in [1.807, 2.05) is 50.2 Å². The Kier molecular flexibility index (Phi) is 6.49. The van der Waals surface area contributed by atoms with Crippen LogP contribution in [0.3, 0.4) is 0 Å². The van der Waals surface area contributed by atoms with Crippen molar-refractivity contribution in [2.45, 2.75) is 20.3 Å². The highest BCUT2D eigenvalue weighted by Crippen LogP contribution is 2.32. The lowest BCUT2D eigenvalue weighted by Gasteiger charge is -2.16. The molecule has 0 bridgehead atoms. The molecule has 2 aromatic carbocycles. The zero-order valence-corrected chi connectivity index (χ0v) is 17.2. The maximum absolute atomic E-state index is 12.7. The zero-order chi connectivity index (χ0) is 20.1. The maximum atomic E-state index is 12.7. The Hall–Kier alpha value is -2.64. The Bertz CT molecular complexity index is 956. The van der Waals surface area contributed by atoms with Crippen LogP contribution in [0.15, 0.2) is 53.4 Å². The number of hydrogen-bond acceptors (Lipinski definition) is 5. The summed E-state index contributed by atoms with van der Waals surface area (Å²) < 4.78 is 5.92. The summed E-state index contributed by atoms with van der Waals surface area (Å²) in [5, 5.41) is 1.12. The lowest BCUT2D eigenvalue weighted by atomic mass is 10.1. The molecule has 0 spiro atoms. The van der Waals surface area contributed by atoms with Crippen molar-refractivity contribution in [1.82, 2.24) is 10.4 Å². The summed E-state index contributed by atoms with van der Waals surface area (Å²) in [4.78, 5) is 25.7. The van der Waals surface area contributed by atoms with Crippen LogP contribution in [0, 0.1) is 6.92 Å². The number of nitrogens with one attached hydrogen (secondary N) is 1. The topological polar surface area (TPSA) is 58.6 Å². The minimum atomic E-state index is -0.370. The summed E-state index contributed by atoms with van der Waals surface area (Å²) in [6, 6.07) is 14.7. The number of hydrogen-bond donors (Lipinski definition) is 1. The second-order valence-electron chi connectivity index (χ2n) is 6.19. The molecule has 28 heavy (non-hydrogen) atoms. The summed E-state index contributed by atoms with van der Waals surface area (Å²) in [6.07, 6.45) is 2.67. The normalized spacial score (nSPS) is 15.2. The summed E-state index contributed by atoms with van der Waals surface area (Å²) in [5.41, 5.74) is 4.77. The van der Waals surface area contributed by atoms with Crippen LogP contribution in [0.2, 0.25) is 0 Å². The minimum absolute atomic E-state index is 0.288. The number of rotatable bonds is 6. The number of thioether (sulfide) groups is 1. The highest BCUT2D eigenvalue weighted by Gasteiger charge is 2.33. The van der Waals surface area contributed by atoms with E-state index >= 15 is 0 Å². The Balaban J connectivity index is 1.75. The van der Waals surface area contributed by atoms with E-state index in [0.717, 1.165) is 40.1 Å². The van der Waals surface area contributed by atoms with Gasteiger partial charge >= 0.3 is 0 Å². The molecule has 1 N–H and O–H groups in total. The van der Waals surface area contributed by atoms with E-state index in [2.05, 4.69) is 5.43 Å². The monoisotopic (exact) mass is 412 g/mol. The molecule has 1 fully saturated rings. The molecule has 1 aliphatic heterocycles. The molecule has 2 aromatic rings. The van der Waals surface area contributed by atoms with Crippen LogP contribution in [-0.2, 0) is 4.79 Å². The van der Waals surface area contributed by atoms with E-state index in [-0.39, 0.29) is 16.1 Å². The van der Waals surface area contributed by atoms with E-state index in [4.69, 9.17) is 17.0 Å². The number of hydrazine groups is 1. The van der Waals surface area contributed by atoms with Crippen LogP contribution >= 0.6 is 24.0 Å². The predicted molar refractivity (Wildman–Crippen MR) is 116 cm³/mol. The van der Waals surface area contributed by atoms with Gasteiger partial charge in [0.15, 0.2) is 4.32 Å². The highest BCUT2D eigenvalue weighted by atomic mass is 32.2. The third-order valence-corrected chi connectivity index (χ3v) is 5.33. The fraction of sp³-hybridized carbons (Fsp3) is 0.190. The van der Waals surface area contributed by atoms with Gasteiger partial charge in [-0.2, -0.15) is 5.01 Å². The van der Waals surface area contributed by atoms with Crippen molar-refractivity contribution in [2.75, 3.05) is 6.61 Å². The van der Waals surface area contributed by atoms with Crippen LogP contribution < -0.4 is 10.2 Å². The fourth-order valence-electron chi connectivity index (χ4n) is 2.62. The molecule has 1 heterocycles. The molecule has 0 atom stereocenters. The first-order chi connectivity index (χ1) is 13.5. The number of carbonyl (C=O) groups excluding carboxylic acids is 2. The van der Waals surface area contributed by atoms with E-state index in [1.54, 1.807) is 18.2 Å². The third kappa shape index (κ3) is 4.61. The molecule has 144 valence electrons. The molecule has 0 aliphatic carbocycles. The first-order valence-electron chi connectivity index (χ1n) is 8.87. The second kappa shape index (κ2) is 9.03. The molecule has 3 rings (SSSR count). The van der Waals surface area contributed by atoms with E-state index < -0.39 is 0 Å². The van der Waals surface area contributed by atoms with Crippen molar-refractivity contribution in [3.63, 3.8) is 0 Å².